The Morgan fingerprint density at radius 1 is 1.35 bits per heavy atom. The summed E-state index contributed by atoms with van der Waals surface area (Å²) in [7, 11) is 0. The lowest BCUT2D eigenvalue weighted by atomic mass is 10.2. The van der Waals surface area contributed by atoms with E-state index in [9.17, 15) is 4.79 Å². The van der Waals surface area contributed by atoms with Crippen molar-refractivity contribution in [1.29, 1.82) is 0 Å². The van der Waals surface area contributed by atoms with Gasteiger partial charge in [-0.2, -0.15) is 0 Å². The van der Waals surface area contributed by atoms with Crippen molar-refractivity contribution < 1.29 is 9.53 Å². The fraction of sp³-hybridized carbons (Fsp3) is 0.526. The SMILES string of the molecule is C[C@H](Sc1nc(C2CC2)n(-c2ccccc2)n1)C(=O)NC[C@H]1CCCO1. The highest BCUT2D eigenvalue weighted by Crippen LogP contribution is 2.40. The van der Waals surface area contributed by atoms with Gasteiger partial charge in [0.15, 0.2) is 0 Å². The van der Waals surface area contributed by atoms with Gasteiger partial charge in [0.1, 0.15) is 5.82 Å². The summed E-state index contributed by atoms with van der Waals surface area (Å²) in [5, 5.41) is 8.07. The van der Waals surface area contributed by atoms with Crippen LogP contribution >= 0.6 is 11.8 Å². The number of nitrogens with zero attached hydrogens (tertiary/aromatic N) is 3. The molecular weight excluding hydrogens is 348 g/mol. The Morgan fingerprint density at radius 3 is 2.85 bits per heavy atom. The molecule has 2 atom stereocenters. The first kappa shape index (κ1) is 17.5. The van der Waals surface area contributed by atoms with E-state index in [1.165, 1.54) is 11.8 Å². The van der Waals surface area contributed by atoms with Gasteiger partial charge in [0.05, 0.1) is 17.0 Å². The Labute approximate surface area is 157 Å². The van der Waals surface area contributed by atoms with Gasteiger partial charge >= 0.3 is 0 Å². The maximum Gasteiger partial charge on any atom is 0.233 e. The molecule has 7 heteroatoms. The predicted octanol–water partition coefficient (Wildman–Crippen LogP) is 2.92. The normalized spacial score (nSPS) is 20.9. The predicted molar refractivity (Wildman–Crippen MR) is 101 cm³/mol. The van der Waals surface area contributed by atoms with Crippen LogP contribution in [0.4, 0.5) is 0 Å². The first-order valence-electron chi connectivity index (χ1n) is 9.29. The van der Waals surface area contributed by atoms with Gasteiger partial charge in [-0.25, -0.2) is 9.67 Å². The van der Waals surface area contributed by atoms with Gasteiger partial charge < -0.3 is 10.1 Å². The molecule has 0 radical (unpaired) electrons. The molecule has 0 unspecified atom stereocenters. The number of nitrogens with one attached hydrogen (secondary N) is 1. The van der Waals surface area contributed by atoms with Crippen LogP contribution < -0.4 is 5.32 Å². The fourth-order valence-electron chi connectivity index (χ4n) is 3.09. The molecule has 1 aliphatic carbocycles. The Kier molecular flexibility index (Phi) is 5.26. The van der Waals surface area contributed by atoms with E-state index in [1.807, 2.05) is 41.9 Å². The number of ether oxygens (including phenoxy) is 1. The van der Waals surface area contributed by atoms with Gasteiger partial charge in [-0.05, 0) is 44.7 Å². The Hall–Kier alpha value is -1.86. The third-order valence-electron chi connectivity index (χ3n) is 4.74. The standard InChI is InChI=1S/C19H24N4O2S/c1-13(18(24)20-12-16-8-5-11-25-16)26-19-21-17(14-9-10-14)23(22-19)15-6-3-2-4-7-15/h2-4,6-7,13-14,16H,5,8-12H2,1H3,(H,20,24)/t13-,16+/m0/s1. The minimum absolute atomic E-state index is 0.00883. The minimum atomic E-state index is -0.241. The second-order valence-corrected chi connectivity index (χ2v) is 8.22. The molecule has 1 amide bonds. The molecule has 6 nitrogen and oxygen atoms in total. The number of rotatable bonds is 7. The van der Waals surface area contributed by atoms with E-state index >= 15 is 0 Å². The van der Waals surface area contributed by atoms with E-state index in [0.717, 1.165) is 43.8 Å². The molecule has 1 saturated heterocycles. The number of carbonyl (C=O) groups is 1. The molecule has 1 aliphatic heterocycles. The lowest BCUT2D eigenvalue weighted by Crippen LogP contribution is -2.36. The Bertz CT molecular complexity index is 754. The van der Waals surface area contributed by atoms with E-state index in [1.54, 1.807) is 0 Å². The van der Waals surface area contributed by atoms with Crippen LogP contribution in [0.15, 0.2) is 35.5 Å². The quantitative estimate of drug-likeness (QED) is 0.757. The van der Waals surface area contributed by atoms with Gasteiger partial charge in [-0.15, -0.1) is 5.10 Å². The maximum absolute atomic E-state index is 12.4. The van der Waals surface area contributed by atoms with Crippen LogP contribution in [-0.4, -0.2) is 45.2 Å². The van der Waals surface area contributed by atoms with Crippen molar-refractivity contribution in [3.8, 4) is 5.69 Å². The summed E-state index contributed by atoms with van der Waals surface area (Å²) in [5.74, 6) is 1.50. The van der Waals surface area contributed by atoms with Crippen molar-refractivity contribution in [2.24, 2.45) is 0 Å². The molecule has 1 N–H and O–H groups in total. The van der Waals surface area contributed by atoms with Crippen LogP contribution in [0.2, 0.25) is 0 Å². The van der Waals surface area contributed by atoms with Crippen LogP contribution in [0.3, 0.4) is 0 Å². The lowest BCUT2D eigenvalue weighted by molar-refractivity contribution is -0.120. The average molecular weight is 372 g/mol. The third-order valence-corrected chi connectivity index (χ3v) is 5.69. The van der Waals surface area contributed by atoms with E-state index < -0.39 is 0 Å². The highest BCUT2D eigenvalue weighted by molar-refractivity contribution is 8.00. The summed E-state index contributed by atoms with van der Waals surface area (Å²) in [4.78, 5) is 17.1. The van der Waals surface area contributed by atoms with Crippen LogP contribution in [0.25, 0.3) is 5.69 Å². The number of hydrogen-bond donors (Lipinski definition) is 1. The van der Waals surface area contributed by atoms with Gasteiger partial charge in [0.2, 0.25) is 11.1 Å². The molecule has 2 aliphatic rings. The van der Waals surface area contributed by atoms with Gasteiger partial charge in [-0.1, -0.05) is 30.0 Å². The molecule has 1 aromatic heterocycles. The minimum Gasteiger partial charge on any atom is -0.376 e. The van der Waals surface area contributed by atoms with E-state index in [-0.39, 0.29) is 17.3 Å². The second-order valence-electron chi connectivity index (χ2n) is 6.91. The Morgan fingerprint density at radius 2 is 2.15 bits per heavy atom. The number of thioether (sulfide) groups is 1. The fourth-order valence-corrected chi connectivity index (χ4v) is 3.88. The van der Waals surface area contributed by atoms with Crippen molar-refractivity contribution in [2.45, 2.75) is 55.0 Å². The van der Waals surface area contributed by atoms with Crippen molar-refractivity contribution >= 4 is 17.7 Å². The smallest absolute Gasteiger partial charge is 0.233 e. The first-order chi connectivity index (χ1) is 12.7. The largest absolute Gasteiger partial charge is 0.376 e. The van der Waals surface area contributed by atoms with E-state index in [2.05, 4.69) is 10.4 Å². The summed E-state index contributed by atoms with van der Waals surface area (Å²) in [6, 6.07) is 10.1. The van der Waals surface area contributed by atoms with Crippen molar-refractivity contribution in [2.75, 3.05) is 13.2 Å². The number of amides is 1. The summed E-state index contributed by atoms with van der Waals surface area (Å²) < 4.78 is 7.48. The third kappa shape index (κ3) is 4.10. The van der Waals surface area contributed by atoms with Crippen molar-refractivity contribution in [3.05, 3.63) is 36.2 Å². The van der Waals surface area contributed by atoms with Crippen molar-refractivity contribution in [3.63, 3.8) is 0 Å². The molecule has 4 rings (SSSR count). The Balaban J connectivity index is 1.41. The molecule has 1 aromatic carbocycles. The first-order valence-corrected chi connectivity index (χ1v) is 10.2. The highest BCUT2D eigenvalue weighted by atomic mass is 32.2. The maximum atomic E-state index is 12.4. The summed E-state index contributed by atoms with van der Waals surface area (Å²) in [6.45, 7) is 3.29. The zero-order valence-corrected chi connectivity index (χ0v) is 15.7. The average Bonchev–Trinajstić information content (AvgIpc) is 3.21. The molecule has 2 heterocycles. The number of benzene rings is 1. The number of para-hydroxylation sites is 1. The molecule has 1 saturated carbocycles. The number of hydrogen-bond acceptors (Lipinski definition) is 5. The molecule has 2 fully saturated rings. The second kappa shape index (κ2) is 7.80. The van der Waals surface area contributed by atoms with Gasteiger partial charge in [0.25, 0.3) is 0 Å². The van der Waals surface area contributed by atoms with Crippen molar-refractivity contribution in [1.82, 2.24) is 20.1 Å². The van der Waals surface area contributed by atoms with E-state index in [4.69, 9.17) is 9.72 Å². The molecular formula is C19H24N4O2S. The van der Waals surface area contributed by atoms with Crippen LogP contribution in [0.5, 0.6) is 0 Å². The zero-order valence-electron chi connectivity index (χ0n) is 14.9. The molecule has 138 valence electrons. The van der Waals surface area contributed by atoms with Crippen LogP contribution in [-0.2, 0) is 9.53 Å². The number of aromatic nitrogens is 3. The van der Waals surface area contributed by atoms with Crippen LogP contribution in [0, 0.1) is 0 Å². The van der Waals surface area contributed by atoms with Crippen LogP contribution in [0.1, 0.15) is 44.3 Å². The van der Waals surface area contributed by atoms with Gasteiger partial charge in [0, 0.05) is 19.1 Å². The molecule has 0 spiro atoms. The summed E-state index contributed by atoms with van der Waals surface area (Å²) in [5.41, 5.74) is 1.02. The molecule has 0 bridgehead atoms. The molecule has 2 aromatic rings. The lowest BCUT2D eigenvalue weighted by Gasteiger charge is -2.13. The number of carbonyl (C=O) groups excluding carboxylic acids is 1. The zero-order chi connectivity index (χ0) is 17.9. The van der Waals surface area contributed by atoms with Gasteiger partial charge in [-0.3, -0.25) is 4.79 Å². The monoisotopic (exact) mass is 372 g/mol. The summed E-state index contributed by atoms with van der Waals surface area (Å²) in [6.07, 6.45) is 4.58. The highest BCUT2D eigenvalue weighted by Gasteiger charge is 2.31. The van der Waals surface area contributed by atoms with E-state index in [0.29, 0.717) is 17.6 Å². The molecule has 26 heavy (non-hydrogen) atoms. The topological polar surface area (TPSA) is 69.0 Å². The summed E-state index contributed by atoms with van der Waals surface area (Å²) >= 11 is 1.41.